The lowest BCUT2D eigenvalue weighted by Crippen LogP contribution is -2.18. The molecule has 0 radical (unpaired) electrons. The van der Waals surface area contributed by atoms with Crippen LogP contribution in [0, 0.1) is 12.3 Å². The molecule has 0 aliphatic rings. The summed E-state index contributed by atoms with van der Waals surface area (Å²) in [5.41, 5.74) is -0.113. The molecule has 1 heterocycles. The molecule has 0 N–H and O–H groups in total. The van der Waals surface area contributed by atoms with Gasteiger partial charge in [0, 0.05) is 19.0 Å². The largest absolute Gasteiger partial charge is 0.298 e. The van der Waals surface area contributed by atoms with Crippen molar-refractivity contribution in [1.82, 2.24) is 4.57 Å². The summed E-state index contributed by atoms with van der Waals surface area (Å²) >= 11 is 5.76. The molecule has 0 bridgehead atoms. The van der Waals surface area contributed by atoms with Crippen molar-refractivity contribution in [3.8, 4) is 12.3 Å². The molecule has 0 amide bonds. The molecule has 0 saturated carbocycles. The number of nitrogens with zero attached hydrogens (tertiary/aromatic N) is 1. The smallest absolute Gasteiger partial charge is 0.251 e. The van der Waals surface area contributed by atoms with E-state index in [1.165, 1.54) is 10.6 Å². The fourth-order valence-corrected chi connectivity index (χ4v) is 1.13. The van der Waals surface area contributed by atoms with Crippen LogP contribution in [0.25, 0.3) is 0 Å². The maximum atomic E-state index is 11.2. The van der Waals surface area contributed by atoms with Crippen LogP contribution in [0.4, 0.5) is 0 Å². The standard InChI is InChI=1S/C9H8ClNO/c1-2-3-7-11-8(10)5-4-6-9(11)12/h1,4-6H,3,7H2. The molecule has 0 aliphatic carbocycles. The Bertz CT molecular complexity index is 362. The molecule has 0 fully saturated rings. The Hall–Kier alpha value is -1.20. The van der Waals surface area contributed by atoms with E-state index in [0.717, 1.165) is 0 Å². The number of hydrogen-bond donors (Lipinski definition) is 0. The minimum absolute atomic E-state index is 0.113. The molecular formula is C9H8ClNO. The van der Waals surface area contributed by atoms with E-state index < -0.39 is 0 Å². The van der Waals surface area contributed by atoms with Gasteiger partial charge in [-0.05, 0) is 6.07 Å². The Kier molecular flexibility index (Phi) is 2.95. The van der Waals surface area contributed by atoms with Crippen molar-refractivity contribution in [3.05, 3.63) is 33.7 Å². The highest BCUT2D eigenvalue weighted by atomic mass is 35.5. The molecular weight excluding hydrogens is 174 g/mol. The van der Waals surface area contributed by atoms with Crippen LogP contribution in [0.1, 0.15) is 6.42 Å². The number of hydrogen-bond acceptors (Lipinski definition) is 1. The van der Waals surface area contributed by atoms with Gasteiger partial charge in [-0.25, -0.2) is 0 Å². The van der Waals surface area contributed by atoms with Gasteiger partial charge in [0.2, 0.25) is 0 Å². The van der Waals surface area contributed by atoms with E-state index in [0.29, 0.717) is 18.1 Å². The number of pyridine rings is 1. The van der Waals surface area contributed by atoms with Crippen molar-refractivity contribution in [2.75, 3.05) is 0 Å². The Morgan fingerprint density at radius 1 is 1.58 bits per heavy atom. The van der Waals surface area contributed by atoms with E-state index in [9.17, 15) is 4.79 Å². The van der Waals surface area contributed by atoms with Crippen molar-refractivity contribution < 1.29 is 0 Å². The first-order valence-corrected chi connectivity index (χ1v) is 3.92. The second-order valence-corrected chi connectivity index (χ2v) is 2.68. The van der Waals surface area contributed by atoms with Gasteiger partial charge in [0.25, 0.3) is 5.56 Å². The monoisotopic (exact) mass is 181 g/mol. The molecule has 1 aromatic rings. The summed E-state index contributed by atoms with van der Waals surface area (Å²) in [4.78, 5) is 11.2. The number of rotatable bonds is 2. The van der Waals surface area contributed by atoms with Crippen molar-refractivity contribution in [1.29, 1.82) is 0 Å². The molecule has 12 heavy (non-hydrogen) atoms. The van der Waals surface area contributed by atoms with Crippen molar-refractivity contribution in [2.24, 2.45) is 0 Å². The Balaban J connectivity index is 2.98. The van der Waals surface area contributed by atoms with E-state index in [1.54, 1.807) is 12.1 Å². The van der Waals surface area contributed by atoms with Crippen LogP contribution in [0.15, 0.2) is 23.0 Å². The van der Waals surface area contributed by atoms with Gasteiger partial charge in [0.15, 0.2) is 0 Å². The zero-order valence-electron chi connectivity index (χ0n) is 6.46. The van der Waals surface area contributed by atoms with Gasteiger partial charge in [0.05, 0.1) is 0 Å². The first-order valence-electron chi connectivity index (χ1n) is 3.54. The second-order valence-electron chi connectivity index (χ2n) is 2.29. The summed E-state index contributed by atoms with van der Waals surface area (Å²) in [5.74, 6) is 2.45. The first-order chi connectivity index (χ1) is 5.75. The summed E-state index contributed by atoms with van der Waals surface area (Å²) < 4.78 is 1.45. The van der Waals surface area contributed by atoms with Crippen molar-refractivity contribution in [3.63, 3.8) is 0 Å². The van der Waals surface area contributed by atoms with Crippen LogP contribution in [-0.4, -0.2) is 4.57 Å². The number of halogens is 1. The molecule has 0 aromatic carbocycles. The quantitative estimate of drug-likeness (QED) is 0.501. The molecule has 1 aromatic heterocycles. The lowest BCUT2D eigenvalue weighted by Gasteiger charge is -2.03. The third kappa shape index (κ3) is 1.90. The molecule has 1 rings (SSSR count). The SMILES string of the molecule is C#CCCn1c(Cl)cccc1=O. The highest BCUT2D eigenvalue weighted by Crippen LogP contribution is 2.04. The van der Waals surface area contributed by atoms with Gasteiger partial charge in [-0.1, -0.05) is 17.7 Å². The van der Waals surface area contributed by atoms with Crippen molar-refractivity contribution >= 4 is 11.6 Å². The molecule has 0 unspecified atom stereocenters. The van der Waals surface area contributed by atoms with Crippen LogP contribution < -0.4 is 5.56 Å². The molecule has 2 nitrogen and oxygen atoms in total. The lowest BCUT2D eigenvalue weighted by atomic mass is 10.4. The molecule has 0 aliphatic heterocycles. The first kappa shape index (κ1) is 8.89. The van der Waals surface area contributed by atoms with Crippen LogP contribution in [0.5, 0.6) is 0 Å². The van der Waals surface area contributed by atoms with Gasteiger partial charge in [-0.3, -0.25) is 9.36 Å². The minimum atomic E-state index is -0.113. The van der Waals surface area contributed by atoms with Gasteiger partial charge >= 0.3 is 0 Å². The molecule has 3 heteroatoms. The highest BCUT2D eigenvalue weighted by molar-refractivity contribution is 6.29. The lowest BCUT2D eigenvalue weighted by molar-refractivity contribution is 0.690. The van der Waals surface area contributed by atoms with Gasteiger partial charge in [-0.2, -0.15) is 0 Å². The third-order valence-corrected chi connectivity index (χ3v) is 1.81. The fourth-order valence-electron chi connectivity index (χ4n) is 0.888. The summed E-state index contributed by atoms with van der Waals surface area (Å²) in [6.07, 6.45) is 5.59. The Morgan fingerprint density at radius 3 is 2.92 bits per heavy atom. The zero-order valence-corrected chi connectivity index (χ0v) is 7.21. The average molecular weight is 182 g/mol. The molecule has 0 saturated heterocycles. The van der Waals surface area contributed by atoms with E-state index >= 15 is 0 Å². The second kappa shape index (κ2) is 3.99. The van der Waals surface area contributed by atoms with Gasteiger partial charge in [-0.15, -0.1) is 12.3 Å². The molecule has 0 atom stereocenters. The van der Waals surface area contributed by atoms with Crippen LogP contribution in [0.2, 0.25) is 5.15 Å². The van der Waals surface area contributed by atoms with Crippen LogP contribution in [-0.2, 0) is 6.54 Å². The average Bonchev–Trinajstić information content (AvgIpc) is 2.04. The predicted octanol–water partition coefficient (Wildman–Crippen LogP) is 1.52. The fraction of sp³-hybridized carbons (Fsp3) is 0.222. The predicted molar refractivity (Wildman–Crippen MR) is 49.2 cm³/mol. The number of terminal acetylenes is 1. The minimum Gasteiger partial charge on any atom is -0.298 e. The van der Waals surface area contributed by atoms with Gasteiger partial charge < -0.3 is 0 Å². The summed E-state index contributed by atoms with van der Waals surface area (Å²) in [6.45, 7) is 0.481. The summed E-state index contributed by atoms with van der Waals surface area (Å²) in [7, 11) is 0. The summed E-state index contributed by atoms with van der Waals surface area (Å²) in [6, 6.07) is 4.75. The summed E-state index contributed by atoms with van der Waals surface area (Å²) in [5, 5.41) is 0.428. The third-order valence-electron chi connectivity index (χ3n) is 1.48. The molecule has 62 valence electrons. The maximum Gasteiger partial charge on any atom is 0.251 e. The Morgan fingerprint density at radius 2 is 2.33 bits per heavy atom. The van der Waals surface area contributed by atoms with Crippen LogP contribution >= 0.6 is 11.6 Å². The number of aromatic nitrogens is 1. The normalized spacial score (nSPS) is 9.33. The Labute approximate surface area is 75.8 Å². The maximum absolute atomic E-state index is 11.2. The van der Waals surface area contributed by atoms with Crippen LogP contribution in [0.3, 0.4) is 0 Å². The van der Waals surface area contributed by atoms with E-state index in [-0.39, 0.29) is 5.56 Å². The topological polar surface area (TPSA) is 22.0 Å². The van der Waals surface area contributed by atoms with Crippen molar-refractivity contribution in [2.45, 2.75) is 13.0 Å². The van der Waals surface area contributed by atoms with E-state index in [1.807, 2.05) is 0 Å². The highest BCUT2D eigenvalue weighted by Gasteiger charge is 1.97. The molecule has 0 spiro atoms. The van der Waals surface area contributed by atoms with E-state index in [4.69, 9.17) is 18.0 Å². The van der Waals surface area contributed by atoms with E-state index in [2.05, 4.69) is 5.92 Å². The van der Waals surface area contributed by atoms with Gasteiger partial charge in [0.1, 0.15) is 5.15 Å². The zero-order chi connectivity index (χ0) is 8.97.